The molecular weight excluding hydrogens is 324 g/mol. The van der Waals surface area contributed by atoms with Crippen molar-refractivity contribution in [3.63, 3.8) is 0 Å². The van der Waals surface area contributed by atoms with E-state index in [1.807, 2.05) is 0 Å². The van der Waals surface area contributed by atoms with Crippen LogP contribution < -0.4 is 15.6 Å². The average Bonchev–Trinajstić information content (AvgIpc) is 2.60. The highest BCUT2D eigenvalue weighted by molar-refractivity contribution is 5.92. The van der Waals surface area contributed by atoms with Gasteiger partial charge in [-0.2, -0.15) is 0 Å². The summed E-state index contributed by atoms with van der Waals surface area (Å²) in [4.78, 5) is 35.3. The van der Waals surface area contributed by atoms with E-state index in [0.717, 1.165) is 5.56 Å². The van der Waals surface area contributed by atoms with Gasteiger partial charge in [0.05, 0.1) is 13.0 Å². The van der Waals surface area contributed by atoms with Gasteiger partial charge in [0, 0.05) is 19.7 Å². The Morgan fingerprint density at radius 3 is 2.60 bits per heavy atom. The number of aliphatic carboxylic acids is 1. The molecule has 0 aliphatic carbocycles. The number of hydrogen-bond acceptors (Lipinski definition) is 4. The Morgan fingerprint density at radius 1 is 1.20 bits per heavy atom. The third-order valence-corrected chi connectivity index (χ3v) is 3.93. The molecule has 1 amide bonds. The first-order valence-electron chi connectivity index (χ1n) is 7.73. The maximum Gasteiger partial charge on any atom is 0.308 e. The normalized spacial score (nSPS) is 11.6. The molecule has 1 atom stereocenters. The van der Waals surface area contributed by atoms with Crippen LogP contribution in [0, 0.1) is 5.92 Å². The third kappa shape index (κ3) is 4.47. The summed E-state index contributed by atoms with van der Waals surface area (Å²) in [5.74, 6) is -1.73. The second-order valence-corrected chi connectivity index (χ2v) is 5.57. The number of ether oxygens (including phenoxy) is 1. The van der Waals surface area contributed by atoms with Crippen molar-refractivity contribution in [3.8, 4) is 5.75 Å². The molecule has 2 rings (SSSR count). The lowest BCUT2D eigenvalue weighted by atomic mass is 9.98. The van der Waals surface area contributed by atoms with Crippen molar-refractivity contribution in [2.45, 2.75) is 6.42 Å². The Labute approximate surface area is 144 Å². The van der Waals surface area contributed by atoms with Gasteiger partial charge in [-0.05, 0) is 24.1 Å². The van der Waals surface area contributed by atoms with Crippen molar-refractivity contribution in [2.75, 3.05) is 13.7 Å². The summed E-state index contributed by atoms with van der Waals surface area (Å²) in [5, 5.41) is 12.0. The van der Waals surface area contributed by atoms with Crippen molar-refractivity contribution < 1.29 is 19.4 Å². The number of carboxylic acid groups (broad SMARTS) is 1. The quantitative estimate of drug-likeness (QED) is 0.783. The second kappa shape index (κ2) is 8.14. The first-order valence-corrected chi connectivity index (χ1v) is 7.73. The van der Waals surface area contributed by atoms with Gasteiger partial charge in [0.15, 0.2) is 0 Å². The van der Waals surface area contributed by atoms with Gasteiger partial charge in [-0.25, -0.2) is 0 Å². The predicted molar refractivity (Wildman–Crippen MR) is 91.8 cm³/mol. The molecule has 0 radical (unpaired) electrons. The van der Waals surface area contributed by atoms with Crippen LogP contribution in [0.25, 0.3) is 0 Å². The summed E-state index contributed by atoms with van der Waals surface area (Å²) in [7, 11) is 3.01. The minimum absolute atomic E-state index is 0.0602. The average molecular weight is 344 g/mol. The van der Waals surface area contributed by atoms with Gasteiger partial charge in [-0.15, -0.1) is 0 Å². The number of amides is 1. The summed E-state index contributed by atoms with van der Waals surface area (Å²) in [6.07, 6.45) is 0.216. The van der Waals surface area contributed by atoms with Crippen LogP contribution in [-0.2, 0) is 18.3 Å². The van der Waals surface area contributed by atoms with Crippen LogP contribution in [-0.4, -0.2) is 35.2 Å². The number of carbonyl (C=O) groups excluding carboxylic acids is 1. The summed E-state index contributed by atoms with van der Waals surface area (Å²) >= 11 is 0. The number of hydrogen-bond donors (Lipinski definition) is 2. The number of para-hydroxylation sites is 1. The molecule has 0 spiro atoms. The molecule has 1 aromatic carbocycles. The van der Waals surface area contributed by atoms with Gasteiger partial charge < -0.3 is 19.7 Å². The van der Waals surface area contributed by atoms with Gasteiger partial charge in [0.1, 0.15) is 11.4 Å². The highest BCUT2D eigenvalue weighted by Crippen LogP contribution is 2.21. The van der Waals surface area contributed by atoms with Gasteiger partial charge in [0.25, 0.3) is 11.5 Å². The minimum Gasteiger partial charge on any atom is -0.496 e. The molecule has 0 fully saturated rings. The molecule has 25 heavy (non-hydrogen) atoms. The van der Waals surface area contributed by atoms with E-state index in [9.17, 15) is 19.5 Å². The first kappa shape index (κ1) is 18.3. The van der Waals surface area contributed by atoms with Crippen LogP contribution in [0.2, 0.25) is 0 Å². The Morgan fingerprint density at radius 2 is 1.92 bits per heavy atom. The van der Waals surface area contributed by atoms with Crippen LogP contribution in [0.15, 0.2) is 47.3 Å². The monoisotopic (exact) mass is 344 g/mol. The van der Waals surface area contributed by atoms with E-state index < -0.39 is 17.8 Å². The number of nitrogens with one attached hydrogen (secondary N) is 1. The smallest absolute Gasteiger partial charge is 0.308 e. The summed E-state index contributed by atoms with van der Waals surface area (Å²) in [6.45, 7) is -0.0602. The minimum atomic E-state index is -1.02. The number of pyridine rings is 1. The van der Waals surface area contributed by atoms with Crippen LogP contribution in [0.1, 0.15) is 16.1 Å². The largest absolute Gasteiger partial charge is 0.496 e. The topological polar surface area (TPSA) is 97.6 Å². The second-order valence-electron chi connectivity index (χ2n) is 5.57. The first-order chi connectivity index (χ1) is 11.9. The highest BCUT2D eigenvalue weighted by atomic mass is 16.5. The van der Waals surface area contributed by atoms with E-state index in [-0.39, 0.29) is 24.2 Å². The Hall–Kier alpha value is -3.09. The van der Waals surface area contributed by atoms with E-state index in [1.165, 1.54) is 36.9 Å². The molecule has 1 unspecified atom stereocenters. The van der Waals surface area contributed by atoms with Crippen molar-refractivity contribution in [1.29, 1.82) is 0 Å². The van der Waals surface area contributed by atoms with Crippen LogP contribution in [0.3, 0.4) is 0 Å². The molecule has 1 heterocycles. The molecule has 0 aliphatic rings. The van der Waals surface area contributed by atoms with E-state index in [4.69, 9.17) is 4.74 Å². The number of benzene rings is 1. The molecule has 0 saturated heterocycles. The lowest BCUT2D eigenvalue weighted by molar-refractivity contribution is -0.141. The molecular formula is C18H20N2O5. The SMILES string of the molecule is COc1ccccc1CC(CNC(=O)c1cccc(=O)n1C)C(=O)O. The van der Waals surface area contributed by atoms with Crippen LogP contribution in [0.4, 0.5) is 0 Å². The molecule has 0 bridgehead atoms. The Kier molecular flexibility index (Phi) is 5.94. The number of aromatic nitrogens is 1. The predicted octanol–water partition coefficient (Wildman–Crippen LogP) is 1.07. The van der Waals surface area contributed by atoms with E-state index >= 15 is 0 Å². The molecule has 132 valence electrons. The molecule has 7 heteroatoms. The molecule has 1 aromatic heterocycles. The number of carbonyl (C=O) groups is 2. The maximum absolute atomic E-state index is 12.2. The number of methoxy groups -OCH3 is 1. The molecule has 0 saturated carbocycles. The molecule has 0 aliphatic heterocycles. The van der Waals surface area contributed by atoms with E-state index in [0.29, 0.717) is 5.75 Å². The number of rotatable bonds is 7. The highest BCUT2D eigenvalue weighted by Gasteiger charge is 2.21. The maximum atomic E-state index is 12.2. The lowest BCUT2D eigenvalue weighted by Gasteiger charge is -2.16. The fraction of sp³-hybridized carbons (Fsp3) is 0.278. The Balaban J connectivity index is 2.09. The van der Waals surface area contributed by atoms with Crippen molar-refractivity contribution in [1.82, 2.24) is 9.88 Å². The van der Waals surface area contributed by atoms with Gasteiger partial charge >= 0.3 is 5.97 Å². The van der Waals surface area contributed by atoms with Crippen LogP contribution >= 0.6 is 0 Å². The standard InChI is InChI=1S/C18H20N2O5/c1-20-14(7-5-9-16(20)21)17(22)19-11-13(18(23)24)10-12-6-3-4-8-15(12)25-2/h3-9,13H,10-11H2,1-2H3,(H,19,22)(H,23,24). The van der Waals surface area contributed by atoms with Gasteiger partial charge in [-0.3, -0.25) is 14.4 Å². The zero-order chi connectivity index (χ0) is 18.4. The zero-order valence-electron chi connectivity index (χ0n) is 14.1. The van der Waals surface area contributed by atoms with Gasteiger partial charge in [0.2, 0.25) is 0 Å². The van der Waals surface area contributed by atoms with Crippen molar-refractivity contribution in [2.24, 2.45) is 13.0 Å². The summed E-state index contributed by atoms with van der Waals surface area (Å²) in [6, 6.07) is 11.5. The number of carboxylic acids is 1. The van der Waals surface area contributed by atoms with E-state index in [1.54, 1.807) is 24.3 Å². The van der Waals surface area contributed by atoms with Crippen molar-refractivity contribution >= 4 is 11.9 Å². The third-order valence-electron chi connectivity index (χ3n) is 3.93. The number of nitrogens with zero attached hydrogens (tertiary/aromatic N) is 1. The molecule has 2 aromatic rings. The Bertz CT molecular complexity index is 828. The zero-order valence-corrected chi connectivity index (χ0v) is 14.1. The summed E-state index contributed by atoms with van der Waals surface area (Å²) in [5.41, 5.74) is 0.615. The lowest BCUT2D eigenvalue weighted by Crippen LogP contribution is -2.36. The molecule has 2 N–H and O–H groups in total. The fourth-order valence-electron chi connectivity index (χ4n) is 2.48. The van der Waals surface area contributed by atoms with Crippen molar-refractivity contribution in [3.05, 3.63) is 64.1 Å². The van der Waals surface area contributed by atoms with E-state index in [2.05, 4.69) is 5.32 Å². The summed E-state index contributed by atoms with van der Waals surface area (Å²) < 4.78 is 6.45. The van der Waals surface area contributed by atoms with Gasteiger partial charge in [-0.1, -0.05) is 24.3 Å². The van der Waals surface area contributed by atoms with Crippen LogP contribution in [0.5, 0.6) is 5.75 Å². The molecule has 7 nitrogen and oxygen atoms in total. The fourth-order valence-corrected chi connectivity index (χ4v) is 2.48.